The van der Waals surface area contributed by atoms with Crippen LogP contribution in [0.25, 0.3) is 0 Å². The predicted octanol–water partition coefficient (Wildman–Crippen LogP) is 9.36. The summed E-state index contributed by atoms with van der Waals surface area (Å²) >= 11 is 0. The third kappa shape index (κ3) is 28.6. The van der Waals surface area contributed by atoms with Gasteiger partial charge in [0.1, 0.15) is 0 Å². The van der Waals surface area contributed by atoms with Crippen LogP contribution < -0.4 is 5.73 Å². The summed E-state index contributed by atoms with van der Waals surface area (Å²) in [5.41, 5.74) is 6.05. The Hall–Kier alpha value is 0.250. The van der Waals surface area contributed by atoms with Crippen LogP contribution in [0.1, 0.15) is 156 Å². The second-order valence-corrected chi connectivity index (χ2v) is 9.46. The molecule has 0 heterocycles. The molecule has 0 saturated heterocycles. The van der Waals surface area contributed by atoms with Crippen molar-refractivity contribution in [3.8, 4) is 0 Å². The molecule has 0 aliphatic heterocycles. The number of halogens is 1. The molecule has 0 amide bonds. The number of hydrogen-bond acceptors (Lipinski definition) is 1. The fraction of sp³-hybridized carbons (Fsp3) is 1.00. The first kappa shape index (κ1) is 29.5. The molecule has 0 aliphatic carbocycles. The molecule has 0 bridgehead atoms. The zero-order chi connectivity index (χ0) is 19.3. The maximum atomic E-state index is 6.02. The van der Waals surface area contributed by atoms with E-state index in [2.05, 4.69) is 20.8 Å². The minimum Gasteiger partial charge on any atom is -0.326 e. The molecule has 0 unspecified atom stereocenters. The van der Waals surface area contributed by atoms with Crippen LogP contribution in [-0.2, 0) is 0 Å². The highest BCUT2D eigenvalue weighted by molar-refractivity contribution is 5.85. The van der Waals surface area contributed by atoms with Crippen molar-refractivity contribution in [2.75, 3.05) is 0 Å². The van der Waals surface area contributed by atoms with Crippen molar-refractivity contribution >= 4 is 12.4 Å². The Morgan fingerprint density at radius 1 is 0.444 bits per heavy atom. The van der Waals surface area contributed by atoms with Crippen molar-refractivity contribution in [3.05, 3.63) is 0 Å². The molecule has 0 aromatic carbocycles. The maximum absolute atomic E-state index is 6.02. The monoisotopic (exact) mass is 403 g/mol. The quantitative estimate of drug-likeness (QED) is 0.190. The Kier molecular flexibility index (Phi) is 24.6. The summed E-state index contributed by atoms with van der Waals surface area (Å²) in [6, 6.07) is 0. The van der Waals surface area contributed by atoms with Gasteiger partial charge in [0.15, 0.2) is 0 Å². The van der Waals surface area contributed by atoms with Gasteiger partial charge >= 0.3 is 0 Å². The maximum Gasteiger partial charge on any atom is 0.00970 e. The SMILES string of the molecule is CCCCCCCCCCCCCCCCCCCCCCC(C)(C)N.Cl. The highest BCUT2D eigenvalue weighted by atomic mass is 35.5. The molecule has 2 heteroatoms. The molecule has 0 atom stereocenters. The zero-order valence-corrected chi connectivity index (χ0v) is 20.2. The fourth-order valence-corrected chi connectivity index (χ4v) is 3.84. The van der Waals surface area contributed by atoms with Gasteiger partial charge in [-0.3, -0.25) is 0 Å². The van der Waals surface area contributed by atoms with Gasteiger partial charge in [0, 0.05) is 5.54 Å². The number of unbranched alkanes of at least 4 members (excludes halogenated alkanes) is 19. The van der Waals surface area contributed by atoms with Gasteiger partial charge < -0.3 is 5.73 Å². The highest BCUT2D eigenvalue weighted by Crippen LogP contribution is 2.16. The minimum absolute atomic E-state index is 0. The summed E-state index contributed by atoms with van der Waals surface area (Å²) in [4.78, 5) is 0. The molecule has 1 nitrogen and oxygen atoms in total. The fourth-order valence-electron chi connectivity index (χ4n) is 3.84. The third-order valence-electron chi connectivity index (χ3n) is 5.67. The molecule has 27 heavy (non-hydrogen) atoms. The van der Waals surface area contributed by atoms with Gasteiger partial charge in [0.25, 0.3) is 0 Å². The smallest absolute Gasteiger partial charge is 0.00970 e. The molecule has 2 N–H and O–H groups in total. The lowest BCUT2D eigenvalue weighted by molar-refractivity contribution is 0.440. The molecular formula is C25H54ClN. The number of nitrogens with two attached hydrogens (primary N) is 1. The normalized spacial score (nSPS) is 11.6. The van der Waals surface area contributed by atoms with Crippen molar-refractivity contribution in [1.29, 1.82) is 0 Å². The van der Waals surface area contributed by atoms with Crippen LogP contribution in [-0.4, -0.2) is 5.54 Å². The summed E-state index contributed by atoms with van der Waals surface area (Å²) in [5, 5.41) is 0. The van der Waals surface area contributed by atoms with E-state index in [0.717, 1.165) is 0 Å². The van der Waals surface area contributed by atoms with Crippen LogP contribution in [0.2, 0.25) is 0 Å². The van der Waals surface area contributed by atoms with E-state index in [1.54, 1.807) is 0 Å². The summed E-state index contributed by atoms with van der Waals surface area (Å²) < 4.78 is 0. The zero-order valence-electron chi connectivity index (χ0n) is 19.3. The Morgan fingerprint density at radius 3 is 0.889 bits per heavy atom. The van der Waals surface area contributed by atoms with Crippen LogP contribution in [0.15, 0.2) is 0 Å². The molecule has 0 aromatic rings. The largest absolute Gasteiger partial charge is 0.326 e. The second-order valence-electron chi connectivity index (χ2n) is 9.46. The highest BCUT2D eigenvalue weighted by Gasteiger charge is 2.08. The average Bonchev–Trinajstić information content (AvgIpc) is 2.59. The van der Waals surface area contributed by atoms with Crippen molar-refractivity contribution in [2.45, 2.75) is 161 Å². The topological polar surface area (TPSA) is 26.0 Å². The van der Waals surface area contributed by atoms with Gasteiger partial charge in [0.2, 0.25) is 0 Å². The summed E-state index contributed by atoms with van der Waals surface area (Å²) in [7, 11) is 0. The Morgan fingerprint density at radius 2 is 0.667 bits per heavy atom. The van der Waals surface area contributed by atoms with Crippen molar-refractivity contribution in [3.63, 3.8) is 0 Å². The van der Waals surface area contributed by atoms with Crippen molar-refractivity contribution in [1.82, 2.24) is 0 Å². The molecule has 166 valence electrons. The van der Waals surface area contributed by atoms with E-state index in [1.165, 1.54) is 135 Å². The van der Waals surface area contributed by atoms with E-state index < -0.39 is 0 Å². The van der Waals surface area contributed by atoms with Crippen LogP contribution in [0.4, 0.5) is 0 Å². The van der Waals surface area contributed by atoms with E-state index in [-0.39, 0.29) is 17.9 Å². The van der Waals surface area contributed by atoms with Gasteiger partial charge in [-0.15, -0.1) is 12.4 Å². The molecule has 0 fully saturated rings. The summed E-state index contributed by atoms with van der Waals surface area (Å²) in [6.07, 6.45) is 30.1. The molecule has 0 radical (unpaired) electrons. The molecule has 0 rings (SSSR count). The van der Waals surface area contributed by atoms with E-state index in [4.69, 9.17) is 5.73 Å². The first-order valence-electron chi connectivity index (χ1n) is 12.3. The summed E-state index contributed by atoms with van der Waals surface area (Å²) in [5.74, 6) is 0. The van der Waals surface area contributed by atoms with Gasteiger partial charge in [-0.05, 0) is 20.3 Å². The van der Waals surface area contributed by atoms with Crippen LogP contribution in [0, 0.1) is 0 Å². The lowest BCUT2D eigenvalue weighted by Crippen LogP contribution is -2.31. The van der Waals surface area contributed by atoms with Crippen LogP contribution >= 0.6 is 12.4 Å². The van der Waals surface area contributed by atoms with Crippen molar-refractivity contribution in [2.24, 2.45) is 5.73 Å². The molecule has 0 saturated carbocycles. The van der Waals surface area contributed by atoms with Crippen LogP contribution in [0.5, 0.6) is 0 Å². The van der Waals surface area contributed by atoms with Gasteiger partial charge in [-0.1, -0.05) is 135 Å². The standard InChI is InChI=1S/C25H53N.ClH/c1-4-5-6-7-8-9-10-11-12-13-14-15-16-17-18-19-20-21-22-23-24-25(2,3)26;/h4-24,26H2,1-3H3;1H. The van der Waals surface area contributed by atoms with E-state index >= 15 is 0 Å². The van der Waals surface area contributed by atoms with E-state index in [1.807, 2.05) is 0 Å². The lowest BCUT2D eigenvalue weighted by atomic mass is 9.97. The van der Waals surface area contributed by atoms with Gasteiger partial charge in [0.05, 0.1) is 0 Å². The van der Waals surface area contributed by atoms with E-state index in [9.17, 15) is 0 Å². The van der Waals surface area contributed by atoms with Crippen LogP contribution in [0.3, 0.4) is 0 Å². The Balaban J connectivity index is 0. The minimum atomic E-state index is 0. The molecule has 0 aliphatic rings. The molecule has 0 spiro atoms. The van der Waals surface area contributed by atoms with E-state index in [0.29, 0.717) is 0 Å². The predicted molar refractivity (Wildman–Crippen MR) is 128 cm³/mol. The number of rotatable bonds is 21. The van der Waals surface area contributed by atoms with Crippen molar-refractivity contribution < 1.29 is 0 Å². The number of hydrogen-bond donors (Lipinski definition) is 1. The Labute approximate surface area is 179 Å². The first-order chi connectivity index (χ1) is 12.6. The van der Waals surface area contributed by atoms with Gasteiger partial charge in [-0.2, -0.15) is 0 Å². The first-order valence-corrected chi connectivity index (χ1v) is 12.3. The average molecular weight is 404 g/mol. The molecule has 0 aromatic heterocycles. The second kappa shape index (κ2) is 22.5. The lowest BCUT2D eigenvalue weighted by Gasteiger charge is -2.17. The third-order valence-corrected chi connectivity index (χ3v) is 5.67. The van der Waals surface area contributed by atoms with Gasteiger partial charge in [-0.25, -0.2) is 0 Å². The summed E-state index contributed by atoms with van der Waals surface area (Å²) in [6.45, 7) is 6.58. The molecular weight excluding hydrogens is 350 g/mol. The Bertz CT molecular complexity index is 260.